The number of ether oxygens (including phenoxy) is 1. The highest BCUT2D eigenvalue weighted by Gasteiger charge is 2.26. The van der Waals surface area contributed by atoms with Gasteiger partial charge in [0.25, 0.3) is 0 Å². The molecular weight excluding hydrogens is 667 g/mol. The molecule has 2 aromatic carbocycles. The Morgan fingerprint density at radius 2 is 1.87 bits per heavy atom. The van der Waals surface area contributed by atoms with Crippen molar-refractivity contribution in [2.45, 2.75) is 18.9 Å². The van der Waals surface area contributed by atoms with Crippen molar-refractivity contribution in [1.29, 1.82) is 0 Å². The molecule has 0 atom stereocenters. The second-order valence-corrected chi connectivity index (χ2v) is 15.6. The number of rotatable bonds is 10. The van der Waals surface area contributed by atoms with Gasteiger partial charge in [0, 0.05) is 80.1 Å². The summed E-state index contributed by atoms with van der Waals surface area (Å²) in [6.45, 7) is 5.24. The molecule has 3 heterocycles. The Labute approximate surface area is 278 Å². The molecule has 0 aliphatic carbocycles. The second-order valence-electron chi connectivity index (χ2n) is 11.6. The van der Waals surface area contributed by atoms with E-state index in [1.165, 1.54) is 0 Å². The number of hydrogen-bond acceptors (Lipinski definition) is 12. The van der Waals surface area contributed by atoms with Gasteiger partial charge in [0.1, 0.15) is 24.2 Å². The van der Waals surface area contributed by atoms with Gasteiger partial charge in [-0.15, -0.1) is 0 Å². The zero-order chi connectivity index (χ0) is 33.0. The van der Waals surface area contributed by atoms with Gasteiger partial charge in [-0.05, 0) is 74.4 Å². The fraction of sp³-hybridized carbons (Fsp3) is 0.344. The summed E-state index contributed by atoms with van der Waals surface area (Å²) < 4.78 is 19.9. The maximum absolute atomic E-state index is 13.4. The Balaban J connectivity index is 1.52. The van der Waals surface area contributed by atoms with Crippen LogP contribution in [0.3, 0.4) is 0 Å². The molecule has 46 heavy (non-hydrogen) atoms. The number of fused-ring (bicyclic) bond motifs is 1. The van der Waals surface area contributed by atoms with Crippen LogP contribution in [0.5, 0.6) is 5.75 Å². The average molecular weight is 708 g/mol. The van der Waals surface area contributed by atoms with E-state index in [2.05, 4.69) is 70.4 Å². The summed E-state index contributed by atoms with van der Waals surface area (Å²) in [6, 6.07) is 8.26. The molecule has 1 fully saturated rings. The molecule has 1 saturated heterocycles. The van der Waals surface area contributed by atoms with Crippen molar-refractivity contribution in [3.05, 3.63) is 59.1 Å². The predicted octanol–water partition coefficient (Wildman–Crippen LogP) is 5.46. The number of benzene rings is 2. The monoisotopic (exact) mass is 706 g/mol. The smallest absolute Gasteiger partial charge is 0.229 e. The van der Waals surface area contributed by atoms with Crippen LogP contribution >= 0.6 is 23.1 Å². The Morgan fingerprint density at radius 3 is 2.52 bits per heavy atom. The van der Waals surface area contributed by atoms with Crippen LogP contribution < -0.4 is 31.3 Å². The first-order chi connectivity index (χ1) is 22.0. The molecule has 0 saturated carbocycles. The van der Waals surface area contributed by atoms with Crippen LogP contribution in [-0.2, 0) is 4.57 Å². The summed E-state index contributed by atoms with van der Waals surface area (Å²) in [5.41, 5.74) is 11.4. The SMILES string of the molecule is CN=CC(=CN)c1cc(Nc2ncc(Br)c(Nc3ccc4nccnc4c3P(C)(C)=O)n2)c(OC)cc1N1CCC(N(C)C)CC1. The number of halogens is 1. The van der Waals surface area contributed by atoms with Crippen molar-refractivity contribution in [2.24, 2.45) is 10.7 Å². The summed E-state index contributed by atoms with van der Waals surface area (Å²) in [5.74, 6) is 1.44. The molecule has 0 bridgehead atoms. The third-order valence-corrected chi connectivity index (χ3v) is 10.1. The lowest BCUT2D eigenvalue weighted by molar-refractivity contribution is 0.249. The van der Waals surface area contributed by atoms with Gasteiger partial charge in [-0.3, -0.25) is 15.0 Å². The highest BCUT2D eigenvalue weighted by atomic mass is 79.9. The molecule has 4 N–H and O–H groups in total. The molecule has 0 unspecified atom stereocenters. The lowest BCUT2D eigenvalue weighted by Gasteiger charge is -2.37. The molecule has 12 nitrogen and oxygen atoms in total. The first-order valence-electron chi connectivity index (χ1n) is 14.9. The molecular formula is C32H40BrN10O2P. The number of methoxy groups -OCH3 is 1. The largest absolute Gasteiger partial charge is 0.494 e. The molecule has 4 aromatic rings. The van der Waals surface area contributed by atoms with Crippen LogP contribution in [0.4, 0.5) is 28.8 Å². The standard InChI is InChI=1S/C32H40BrN10O2P/c1-35-18-20(17-34)22-15-26(28(45-4)16-27(22)43-13-9-21(10-14-43)42(2)3)40-32-38-19-23(33)31(41-32)39-25-8-7-24-29(37-12-11-36-24)30(25)46(5,6)44/h7-8,11-12,15-19,21H,9-10,13-14,34H2,1-6H3,(H2,38,39,40,41). The quantitative estimate of drug-likeness (QED) is 0.143. The summed E-state index contributed by atoms with van der Waals surface area (Å²) in [6.07, 6.45) is 10.3. The number of nitrogens with zero attached hydrogens (tertiary/aromatic N) is 7. The molecule has 0 amide bonds. The minimum absolute atomic E-state index is 0.329. The lowest BCUT2D eigenvalue weighted by Crippen LogP contribution is -2.42. The Bertz CT molecular complexity index is 1830. The van der Waals surface area contributed by atoms with Gasteiger partial charge < -0.3 is 35.5 Å². The summed E-state index contributed by atoms with van der Waals surface area (Å²) in [4.78, 5) is 27.1. The van der Waals surface area contributed by atoms with E-state index in [4.69, 9.17) is 15.5 Å². The fourth-order valence-electron chi connectivity index (χ4n) is 5.72. The predicted molar refractivity (Wildman–Crippen MR) is 193 cm³/mol. The maximum atomic E-state index is 13.4. The van der Waals surface area contributed by atoms with Crippen LogP contribution in [0.25, 0.3) is 16.6 Å². The van der Waals surface area contributed by atoms with Crippen LogP contribution in [0.15, 0.2) is 58.5 Å². The summed E-state index contributed by atoms with van der Waals surface area (Å²) >= 11 is 3.57. The van der Waals surface area contributed by atoms with E-state index in [9.17, 15) is 4.57 Å². The van der Waals surface area contributed by atoms with Crippen molar-refractivity contribution in [3.8, 4) is 5.75 Å². The molecule has 0 spiro atoms. The summed E-state index contributed by atoms with van der Waals surface area (Å²) in [5, 5.41) is 7.30. The molecule has 0 radical (unpaired) electrons. The number of aliphatic imine (C=N–C) groups is 1. The summed E-state index contributed by atoms with van der Waals surface area (Å²) in [7, 11) is 4.87. The number of hydrogen-bond donors (Lipinski definition) is 3. The van der Waals surface area contributed by atoms with Crippen LogP contribution in [0.2, 0.25) is 0 Å². The zero-order valence-electron chi connectivity index (χ0n) is 27.0. The Hall–Kier alpha value is -4.06. The van der Waals surface area contributed by atoms with Gasteiger partial charge in [-0.1, -0.05) is 0 Å². The van der Waals surface area contributed by atoms with Gasteiger partial charge in [0.2, 0.25) is 5.95 Å². The molecule has 1 aliphatic rings. The number of piperidine rings is 1. The van der Waals surface area contributed by atoms with Crippen LogP contribution in [0, 0.1) is 0 Å². The lowest BCUT2D eigenvalue weighted by atomic mass is 9.98. The van der Waals surface area contributed by atoms with Gasteiger partial charge in [-0.2, -0.15) is 4.98 Å². The third kappa shape index (κ3) is 7.16. The third-order valence-electron chi connectivity index (χ3n) is 8.01. The van der Waals surface area contributed by atoms with E-state index in [-0.39, 0.29) is 0 Å². The van der Waals surface area contributed by atoms with Crippen molar-refractivity contribution < 1.29 is 9.30 Å². The van der Waals surface area contributed by atoms with Crippen LogP contribution in [0.1, 0.15) is 18.4 Å². The number of nitrogens with two attached hydrogens (primary N) is 1. The van der Waals surface area contributed by atoms with Crippen molar-refractivity contribution in [3.63, 3.8) is 0 Å². The Kier molecular flexibility index (Phi) is 10.2. The Morgan fingerprint density at radius 1 is 1.13 bits per heavy atom. The van der Waals surface area contributed by atoms with Gasteiger partial charge in [0.15, 0.2) is 0 Å². The minimum atomic E-state index is -2.77. The number of allylic oxidation sites excluding steroid dienone is 1. The van der Waals surface area contributed by atoms with Crippen molar-refractivity contribution in [1.82, 2.24) is 24.8 Å². The molecule has 14 heteroatoms. The first-order valence-corrected chi connectivity index (χ1v) is 18.3. The van der Waals surface area contributed by atoms with E-state index in [1.807, 2.05) is 24.3 Å². The fourth-order valence-corrected chi connectivity index (χ4v) is 7.41. The van der Waals surface area contributed by atoms with Crippen molar-refractivity contribution >= 4 is 80.0 Å². The highest BCUT2D eigenvalue weighted by molar-refractivity contribution is 9.10. The van der Waals surface area contributed by atoms with Crippen LogP contribution in [-0.4, -0.2) is 91.8 Å². The van der Waals surface area contributed by atoms with E-state index < -0.39 is 7.14 Å². The topological polar surface area (TPSA) is 147 Å². The van der Waals surface area contributed by atoms with Gasteiger partial charge in [0.05, 0.1) is 33.8 Å². The average Bonchev–Trinajstić information content (AvgIpc) is 3.04. The normalized spacial score (nSPS) is 14.8. The van der Waals surface area contributed by atoms with E-state index in [0.29, 0.717) is 55.7 Å². The molecule has 5 rings (SSSR count). The second kappa shape index (κ2) is 14.1. The van der Waals surface area contributed by atoms with Gasteiger partial charge >= 0.3 is 0 Å². The molecule has 2 aromatic heterocycles. The zero-order valence-corrected chi connectivity index (χ0v) is 29.4. The number of aromatic nitrogens is 4. The van der Waals surface area contributed by atoms with E-state index in [0.717, 1.165) is 42.8 Å². The number of nitrogens with one attached hydrogen (secondary N) is 2. The first kappa shape index (κ1) is 33.3. The van der Waals surface area contributed by atoms with E-state index >= 15 is 0 Å². The highest BCUT2D eigenvalue weighted by Crippen LogP contribution is 2.42. The minimum Gasteiger partial charge on any atom is -0.494 e. The molecule has 1 aliphatic heterocycles. The van der Waals surface area contributed by atoms with E-state index in [1.54, 1.807) is 58.5 Å². The molecule has 242 valence electrons. The van der Waals surface area contributed by atoms with Gasteiger partial charge in [-0.25, -0.2) is 4.98 Å². The maximum Gasteiger partial charge on any atom is 0.229 e. The number of anilines is 5. The van der Waals surface area contributed by atoms with Crippen molar-refractivity contribution in [2.75, 3.05) is 70.2 Å².